The van der Waals surface area contributed by atoms with Crippen LogP contribution in [0.2, 0.25) is 0 Å². The molecule has 1 fully saturated rings. The SMILES string of the molecule is CCC(C)N(CCOC)C(CN)C1CCCC(C)C1. The highest BCUT2D eigenvalue weighted by atomic mass is 16.5. The fraction of sp³-hybridized carbons (Fsp3) is 1.00. The van der Waals surface area contributed by atoms with Gasteiger partial charge in [0.2, 0.25) is 0 Å². The van der Waals surface area contributed by atoms with Gasteiger partial charge in [-0.3, -0.25) is 4.90 Å². The molecule has 3 heteroatoms. The molecule has 1 rings (SSSR count). The molecule has 1 aliphatic carbocycles. The monoisotopic (exact) mass is 270 g/mol. The molecule has 1 aliphatic rings. The van der Waals surface area contributed by atoms with Gasteiger partial charge in [0.15, 0.2) is 0 Å². The fourth-order valence-corrected chi connectivity index (χ4v) is 3.57. The van der Waals surface area contributed by atoms with E-state index in [2.05, 4.69) is 25.7 Å². The summed E-state index contributed by atoms with van der Waals surface area (Å²) in [6, 6.07) is 1.13. The molecule has 3 nitrogen and oxygen atoms in total. The Kier molecular flexibility index (Phi) is 7.96. The summed E-state index contributed by atoms with van der Waals surface area (Å²) in [7, 11) is 1.79. The van der Waals surface area contributed by atoms with Gasteiger partial charge in [-0.05, 0) is 38.0 Å². The molecule has 0 radical (unpaired) electrons. The van der Waals surface area contributed by atoms with Crippen LogP contribution in [0.15, 0.2) is 0 Å². The van der Waals surface area contributed by atoms with Gasteiger partial charge in [-0.2, -0.15) is 0 Å². The third kappa shape index (κ3) is 5.05. The molecular formula is C16H34N2O. The second-order valence-corrected chi connectivity index (χ2v) is 6.32. The molecule has 4 unspecified atom stereocenters. The Morgan fingerprint density at radius 1 is 1.37 bits per heavy atom. The van der Waals surface area contributed by atoms with E-state index in [4.69, 9.17) is 10.5 Å². The first kappa shape index (κ1) is 16.9. The Morgan fingerprint density at radius 3 is 2.63 bits per heavy atom. The van der Waals surface area contributed by atoms with Crippen LogP contribution in [-0.4, -0.2) is 43.8 Å². The van der Waals surface area contributed by atoms with Gasteiger partial charge in [0, 0.05) is 32.3 Å². The van der Waals surface area contributed by atoms with Crippen LogP contribution in [0.1, 0.15) is 52.9 Å². The van der Waals surface area contributed by atoms with E-state index in [1.165, 1.54) is 32.1 Å². The topological polar surface area (TPSA) is 38.5 Å². The van der Waals surface area contributed by atoms with Gasteiger partial charge in [-0.15, -0.1) is 0 Å². The molecule has 0 aliphatic heterocycles. The van der Waals surface area contributed by atoms with E-state index in [0.717, 1.165) is 31.5 Å². The summed E-state index contributed by atoms with van der Waals surface area (Å²) in [4.78, 5) is 2.60. The van der Waals surface area contributed by atoms with Gasteiger partial charge in [0.1, 0.15) is 0 Å². The van der Waals surface area contributed by atoms with Crippen LogP contribution in [0.4, 0.5) is 0 Å². The molecule has 0 aromatic heterocycles. The van der Waals surface area contributed by atoms with E-state index in [-0.39, 0.29) is 0 Å². The number of rotatable bonds is 8. The highest BCUT2D eigenvalue weighted by molar-refractivity contribution is 4.86. The van der Waals surface area contributed by atoms with Gasteiger partial charge in [-0.1, -0.05) is 26.7 Å². The molecule has 0 heterocycles. The first-order chi connectivity index (χ1) is 9.13. The number of hydrogen-bond acceptors (Lipinski definition) is 3. The average molecular weight is 270 g/mol. The zero-order chi connectivity index (χ0) is 14.3. The highest BCUT2D eigenvalue weighted by Gasteiger charge is 2.31. The Bertz CT molecular complexity index is 235. The van der Waals surface area contributed by atoms with Crippen molar-refractivity contribution in [3.05, 3.63) is 0 Å². The summed E-state index contributed by atoms with van der Waals surface area (Å²) < 4.78 is 5.29. The number of nitrogens with two attached hydrogens (primary N) is 1. The van der Waals surface area contributed by atoms with Crippen LogP contribution >= 0.6 is 0 Å². The van der Waals surface area contributed by atoms with Crippen LogP contribution in [-0.2, 0) is 4.74 Å². The van der Waals surface area contributed by atoms with Gasteiger partial charge in [-0.25, -0.2) is 0 Å². The van der Waals surface area contributed by atoms with E-state index in [0.29, 0.717) is 12.1 Å². The van der Waals surface area contributed by atoms with Crippen LogP contribution in [0.5, 0.6) is 0 Å². The molecule has 1 saturated carbocycles. The molecule has 0 aromatic rings. The summed E-state index contributed by atoms with van der Waals surface area (Å²) in [5, 5.41) is 0. The van der Waals surface area contributed by atoms with Crippen molar-refractivity contribution in [2.75, 3.05) is 26.8 Å². The van der Waals surface area contributed by atoms with Crippen molar-refractivity contribution in [3.8, 4) is 0 Å². The molecule has 114 valence electrons. The quantitative estimate of drug-likeness (QED) is 0.737. The summed E-state index contributed by atoms with van der Waals surface area (Å²) in [6.45, 7) is 9.58. The van der Waals surface area contributed by atoms with Crippen molar-refractivity contribution in [1.82, 2.24) is 4.90 Å². The number of methoxy groups -OCH3 is 1. The summed E-state index contributed by atoms with van der Waals surface area (Å²) in [6.07, 6.45) is 6.66. The lowest BCUT2D eigenvalue weighted by molar-refractivity contribution is 0.0481. The van der Waals surface area contributed by atoms with E-state index in [1.807, 2.05) is 0 Å². The molecule has 2 N–H and O–H groups in total. The summed E-state index contributed by atoms with van der Waals surface area (Å²) in [5.41, 5.74) is 6.13. The minimum absolute atomic E-state index is 0.535. The van der Waals surface area contributed by atoms with Gasteiger partial charge < -0.3 is 10.5 Å². The zero-order valence-corrected chi connectivity index (χ0v) is 13.4. The van der Waals surface area contributed by atoms with Crippen molar-refractivity contribution < 1.29 is 4.74 Å². The second-order valence-electron chi connectivity index (χ2n) is 6.32. The molecular weight excluding hydrogens is 236 g/mol. The fourth-order valence-electron chi connectivity index (χ4n) is 3.57. The van der Waals surface area contributed by atoms with Crippen LogP contribution in [0.25, 0.3) is 0 Å². The van der Waals surface area contributed by atoms with Gasteiger partial charge in [0.05, 0.1) is 6.61 Å². The lowest BCUT2D eigenvalue weighted by atomic mass is 9.77. The predicted octanol–water partition coefficient (Wildman–Crippen LogP) is 2.89. The van der Waals surface area contributed by atoms with Crippen molar-refractivity contribution in [3.63, 3.8) is 0 Å². The summed E-state index contributed by atoms with van der Waals surface area (Å²) in [5.74, 6) is 1.65. The molecule has 0 bridgehead atoms. The Labute approximate surface area is 119 Å². The average Bonchev–Trinajstić information content (AvgIpc) is 2.42. The van der Waals surface area contributed by atoms with Crippen molar-refractivity contribution in [1.29, 1.82) is 0 Å². The van der Waals surface area contributed by atoms with Crippen LogP contribution in [0, 0.1) is 11.8 Å². The lowest BCUT2D eigenvalue weighted by Crippen LogP contribution is -2.51. The van der Waals surface area contributed by atoms with E-state index >= 15 is 0 Å². The van der Waals surface area contributed by atoms with Crippen molar-refractivity contribution >= 4 is 0 Å². The number of hydrogen-bond donors (Lipinski definition) is 1. The first-order valence-electron chi connectivity index (χ1n) is 8.08. The molecule has 0 spiro atoms. The molecule has 19 heavy (non-hydrogen) atoms. The first-order valence-corrected chi connectivity index (χ1v) is 8.08. The standard InChI is InChI=1S/C16H34N2O/c1-5-14(3)18(9-10-19-4)16(12-17)15-8-6-7-13(2)11-15/h13-16H,5-12,17H2,1-4H3. The number of nitrogens with zero attached hydrogens (tertiary/aromatic N) is 1. The van der Waals surface area contributed by atoms with Crippen LogP contribution in [0.3, 0.4) is 0 Å². The zero-order valence-electron chi connectivity index (χ0n) is 13.4. The van der Waals surface area contributed by atoms with Crippen molar-refractivity contribution in [2.24, 2.45) is 17.6 Å². The predicted molar refractivity (Wildman–Crippen MR) is 82.3 cm³/mol. The van der Waals surface area contributed by atoms with Crippen LogP contribution < -0.4 is 5.73 Å². The Morgan fingerprint density at radius 2 is 2.11 bits per heavy atom. The lowest BCUT2D eigenvalue weighted by Gasteiger charge is -2.42. The van der Waals surface area contributed by atoms with E-state index in [9.17, 15) is 0 Å². The maximum atomic E-state index is 6.13. The van der Waals surface area contributed by atoms with Crippen molar-refractivity contribution in [2.45, 2.75) is 65.0 Å². The maximum absolute atomic E-state index is 6.13. The molecule has 0 aromatic carbocycles. The normalized spacial score (nSPS) is 27.5. The number of ether oxygens (including phenoxy) is 1. The highest BCUT2D eigenvalue weighted by Crippen LogP contribution is 2.33. The maximum Gasteiger partial charge on any atom is 0.0589 e. The van der Waals surface area contributed by atoms with Gasteiger partial charge in [0.25, 0.3) is 0 Å². The summed E-state index contributed by atoms with van der Waals surface area (Å²) >= 11 is 0. The second kappa shape index (κ2) is 8.93. The van der Waals surface area contributed by atoms with E-state index < -0.39 is 0 Å². The van der Waals surface area contributed by atoms with E-state index in [1.54, 1.807) is 7.11 Å². The third-order valence-electron chi connectivity index (χ3n) is 4.90. The Hall–Kier alpha value is -0.120. The molecule has 0 saturated heterocycles. The minimum atomic E-state index is 0.535. The largest absolute Gasteiger partial charge is 0.383 e. The molecule has 0 amide bonds. The third-order valence-corrected chi connectivity index (χ3v) is 4.90. The minimum Gasteiger partial charge on any atom is -0.383 e. The molecule has 4 atom stereocenters. The van der Waals surface area contributed by atoms with Gasteiger partial charge >= 0.3 is 0 Å². The Balaban J connectivity index is 2.70. The smallest absolute Gasteiger partial charge is 0.0589 e.